The quantitative estimate of drug-likeness (QED) is 0.727. The van der Waals surface area contributed by atoms with Gasteiger partial charge in [0.15, 0.2) is 0 Å². The molecule has 28 heavy (non-hydrogen) atoms. The smallest absolute Gasteiger partial charge is 0.337 e. The third-order valence-corrected chi connectivity index (χ3v) is 5.07. The van der Waals surface area contributed by atoms with Crippen molar-refractivity contribution in [3.63, 3.8) is 0 Å². The summed E-state index contributed by atoms with van der Waals surface area (Å²) in [5, 5.41) is 10.7. The molecular formula is C18H19F3N6O. The van der Waals surface area contributed by atoms with Crippen LogP contribution in [0.1, 0.15) is 49.0 Å². The van der Waals surface area contributed by atoms with Crippen molar-refractivity contribution in [2.75, 3.05) is 13.1 Å². The average molecular weight is 392 g/mol. The van der Waals surface area contributed by atoms with Gasteiger partial charge in [-0.05, 0) is 38.4 Å². The Morgan fingerprint density at radius 3 is 2.93 bits per heavy atom. The Balaban J connectivity index is 1.51. The highest BCUT2D eigenvalue weighted by Gasteiger charge is 2.32. The summed E-state index contributed by atoms with van der Waals surface area (Å²) in [5.41, 5.74) is -0.467. The van der Waals surface area contributed by atoms with Gasteiger partial charge in [-0.15, -0.1) is 0 Å². The predicted octanol–water partition coefficient (Wildman–Crippen LogP) is 3.81. The lowest BCUT2D eigenvalue weighted by Gasteiger charge is -2.34. The summed E-state index contributed by atoms with van der Waals surface area (Å²) in [7, 11) is 0. The van der Waals surface area contributed by atoms with Crippen LogP contribution in [-0.4, -0.2) is 43.3 Å². The number of H-pyrrole nitrogens is 1. The molecule has 0 saturated carbocycles. The average Bonchev–Trinajstić information content (AvgIpc) is 3.39. The first-order valence-corrected chi connectivity index (χ1v) is 9.02. The molecule has 1 aromatic carbocycles. The standard InChI is InChI=1S/C18H19F3N6O/c1-11(27-7-3-5-13(9-27)15-22-10-23-25-15)17-24-16(26-28-17)12-4-2-6-14(8-12)18(19,20)21/h2,4,6,8,10-11,13H,3,5,7,9H2,1H3,(H,22,23,25)/t11-,13+/m0/s1. The summed E-state index contributed by atoms with van der Waals surface area (Å²) in [4.78, 5) is 10.8. The lowest BCUT2D eigenvalue weighted by atomic mass is 9.96. The van der Waals surface area contributed by atoms with Crippen LogP contribution in [0.15, 0.2) is 35.1 Å². The second kappa shape index (κ2) is 7.34. The molecule has 0 unspecified atom stereocenters. The van der Waals surface area contributed by atoms with E-state index >= 15 is 0 Å². The van der Waals surface area contributed by atoms with E-state index in [1.807, 2.05) is 6.92 Å². The topological polar surface area (TPSA) is 83.7 Å². The van der Waals surface area contributed by atoms with Crippen molar-refractivity contribution in [3.8, 4) is 11.4 Å². The molecule has 0 aliphatic carbocycles. The molecule has 2 aromatic heterocycles. The molecule has 7 nitrogen and oxygen atoms in total. The predicted molar refractivity (Wildman–Crippen MR) is 93.1 cm³/mol. The minimum atomic E-state index is -4.42. The number of alkyl halides is 3. The maximum atomic E-state index is 12.9. The first-order valence-electron chi connectivity index (χ1n) is 9.02. The minimum absolute atomic E-state index is 0.150. The molecule has 3 heterocycles. The van der Waals surface area contributed by atoms with Crippen molar-refractivity contribution in [1.29, 1.82) is 0 Å². The molecule has 4 rings (SSSR count). The maximum Gasteiger partial charge on any atom is 0.416 e. The zero-order valence-corrected chi connectivity index (χ0v) is 15.1. The van der Waals surface area contributed by atoms with Crippen molar-refractivity contribution >= 4 is 0 Å². The van der Waals surface area contributed by atoms with E-state index < -0.39 is 11.7 Å². The van der Waals surface area contributed by atoms with Crippen molar-refractivity contribution in [3.05, 3.63) is 47.9 Å². The number of piperidine rings is 1. The van der Waals surface area contributed by atoms with Crippen LogP contribution in [0.3, 0.4) is 0 Å². The van der Waals surface area contributed by atoms with E-state index in [2.05, 4.69) is 30.2 Å². The van der Waals surface area contributed by atoms with Crippen molar-refractivity contribution < 1.29 is 17.7 Å². The molecule has 2 atom stereocenters. The zero-order chi connectivity index (χ0) is 19.7. The zero-order valence-electron chi connectivity index (χ0n) is 15.1. The van der Waals surface area contributed by atoms with Crippen molar-refractivity contribution in [1.82, 2.24) is 30.2 Å². The van der Waals surface area contributed by atoms with Crippen LogP contribution >= 0.6 is 0 Å². The second-order valence-corrected chi connectivity index (χ2v) is 6.92. The van der Waals surface area contributed by atoms with Crippen LogP contribution in [0.5, 0.6) is 0 Å². The molecule has 3 aromatic rings. The van der Waals surface area contributed by atoms with Crippen LogP contribution in [0, 0.1) is 0 Å². The van der Waals surface area contributed by atoms with E-state index in [0.29, 0.717) is 5.89 Å². The Hall–Kier alpha value is -2.75. The number of benzene rings is 1. The molecule has 0 bridgehead atoms. The van der Waals surface area contributed by atoms with E-state index in [1.165, 1.54) is 18.5 Å². The summed E-state index contributed by atoms with van der Waals surface area (Å²) < 4.78 is 44.2. The Labute approximate surface area is 159 Å². The molecule has 148 valence electrons. The van der Waals surface area contributed by atoms with Gasteiger partial charge >= 0.3 is 6.18 Å². The highest BCUT2D eigenvalue weighted by Crippen LogP contribution is 2.33. The maximum absolute atomic E-state index is 12.9. The van der Waals surface area contributed by atoms with Gasteiger partial charge in [-0.2, -0.15) is 23.3 Å². The lowest BCUT2D eigenvalue weighted by Crippen LogP contribution is -2.36. The summed E-state index contributed by atoms with van der Waals surface area (Å²) in [5.74, 6) is 1.62. The highest BCUT2D eigenvalue weighted by atomic mass is 19.4. The Morgan fingerprint density at radius 2 is 2.18 bits per heavy atom. The summed E-state index contributed by atoms with van der Waals surface area (Å²) in [6.07, 6.45) is -0.918. The van der Waals surface area contributed by atoms with Crippen LogP contribution < -0.4 is 0 Å². The largest absolute Gasteiger partial charge is 0.416 e. The number of hydrogen-bond donors (Lipinski definition) is 1. The second-order valence-electron chi connectivity index (χ2n) is 6.92. The number of hydrogen-bond acceptors (Lipinski definition) is 6. The van der Waals surface area contributed by atoms with E-state index in [4.69, 9.17) is 4.52 Å². The van der Waals surface area contributed by atoms with Gasteiger partial charge in [-0.1, -0.05) is 17.3 Å². The molecule has 10 heteroatoms. The molecule has 1 N–H and O–H groups in total. The number of aromatic amines is 1. The van der Waals surface area contributed by atoms with Crippen LogP contribution in [0.2, 0.25) is 0 Å². The molecule has 0 amide bonds. The molecule has 1 aliphatic rings. The molecule has 1 fully saturated rings. The number of nitrogens with one attached hydrogen (secondary N) is 1. The van der Waals surface area contributed by atoms with E-state index in [0.717, 1.165) is 43.9 Å². The summed E-state index contributed by atoms with van der Waals surface area (Å²) in [6, 6.07) is 4.77. The van der Waals surface area contributed by atoms with Gasteiger partial charge in [0.1, 0.15) is 12.2 Å². The van der Waals surface area contributed by atoms with E-state index in [-0.39, 0.29) is 23.3 Å². The van der Waals surface area contributed by atoms with Crippen LogP contribution in [0.4, 0.5) is 13.2 Å². The molecular weight excluding hydrogens is 373 g/mol. The summed E-state index contributed by atoms with van der Waals surface area (Å²) in [6.45, 7) is 3.58. The van der Waals surface area contributed by atoms with Gasteiger partial charge in [0.2, 0.25) is 11.7 Å². The lowest BCUT2D eigenvalue weighted by molar-refractivity contribution is -0.137. The fraction of sp³-hybridized carbons (Fsp3) is 0.444. The molecule has 1 aliphatic heterocycles. The third-order valence-electron chi connectivity index (χ3n) is 5.07. The Kier molecular flexibility index (Phi) is 4.88. The SMILES string of the molecule is C[C@@H](c1nc(-c2cccc(C(F)(F)F)c2)no1)N1CCC[C@@H](c2ncn[nH]2)C1. The molecule has 1 saturated heterocycles. The van der Waals surface area contributed by atoms with Gasteiger partial charge in [-0.25, -0.2) is 4.98 Å². The minimum Gasteiger partial charge on any atom is -0.337 e. The van der Waals surface area contributed by atoms with Gasteiger partial charge in [0, 0.05) is 18.0 Å². The van der Waals surface area contributed by atoms with E-state index in [1.54, 1.807) is 0 Å². The first-order chi connectivity index (χ1) is 13.4. The monoisotopic (exact) mass is 392 g/mol. The van der Waals surface area contributed by atoms with Crippen LogP contribution in [-0.2, 0) is 6.18 Å². The number of rotatable bonds is 4. The highest BCUT2D eigenvalue weighted by molar-refractivity contribution is 5.55. The number of nitrogens with zero attached hydrogens (tertiary/aromatic N) is 5. The van der Waals surface area contributed by atoms with Gasteiger partial charge in [0.25, 0.3) is 0 Å². The number of aromatic nitrogens is 5. The Bertz CT molecular complexity index is 924. The fourth-order valence-corrected chi connectivity index (χ4v) is 3.51. The third kappa shape index (κ3) is 3.77. The van der Waals surface area contributed by atoms with Gasteiger partial charge < -0.3 is 4.52 Å². The number of likely N-dealkylation sites (tertiary alicyclic amines) is 1. The van der Waals surface area contributed by atoms with E-state index in [9.17, 15) is 13.2 Å². The normalized spacial score (nSPS) is 19.6. The van der Waals surface area contributed by atoms with Crippen LogP contribution in [0.25, 0.3) is 11.4 Å². The first kappa shape index (κ1) is 18.6. The molecule has 0 radical (unpaired) electrons. The summed E-state index contributed by atoms with van der Waals surface area (Å²) >= 11 is 0. The van der Waals surface area contributed by atoms with Gasteiger partial charge in [0.05, 0.1) is 11.6 Å². The van der Waals surface area contributed by atoms with Crippen molar-refractivity contribution in [2.24, 2.45) is 0 Å². The molecule has 0 spiro atoms. The Morgan fingerprint density at radius 1 is 1.32 bits per heavy atom. The van der Waals surface area contributed by atoms with Gasteiger partial charge in [-0.3, -0.25) is 10.00 Å². The number of halogens is 3. The fourth-order valence-electron chi connectivity index (χ4n) is 3.51. The van der Waals surface area contributed by atoms with Crippen molar-refractivity contribution in [2.45, 2.75) is 37.9 Å².